The van der Waals surface area contributed by atoms with E-state index in [2.05, 4.69) is 20.7 Å². The van der Waals surface area contributed by atoms with Crippen LogP contribution in [0.4, 0.5) is 17.6 Å². The maximum Gasteiger partial charge on any atom is 0.419 e. The van der Waals surface area contributed by atoms with Crippen LogP contribution in [0.1, 0.15) is 21.5 Å². The van der Waals surface area contributed by atoms with Gasteiger partial charge in [-0.05, 0) is 34.5 Å². The Morgan fingerprint density at radius 1 is 1.41 bits per heavy atom. The fourth-order valence-electron chi connectivity index (χ4n) is 1.38. The summed E-state index contributed by atoms with van der Waals surface area (Å²) >= 11 is 2.64. The van der Waals surface area contributed by atoms with Crippen molar-refractivity contribution >= 4 is 21.9 Å². The number of carbonyl (C=O) groups is 1. The van der Waals surface area contributed by atoms with Crippen molar-refractivity contribution in [2.45, 2.75) is 13.1 Å². The summed E-state index contributed by atoms with van der Waals surface area (Å²) in [5.41, 5.74) is -2.29. The third kappa shape index (κ3) is 2.59. The van der Waals surface area contributed by atoms with E-state index in [1.54, 1.807) is 0 Å². The third-order valence-corrected chi connectivity index (χ3v) is 2.75. The highest BCUT2D eigenvalue weighted by molar-refractivity contribution is 9.10. The zero-order valence-corrected chi connectivity index (χ0v) is 10.4. The molecular formula is C10H7BrF4O2. The van der Waals surface area contributed by atoms with Crippen molar-refractivity contribution in [3.05, 3.63) is 33.0 Å². The van der Waals surface area contributed by atoms with Crippen LogP contribution < -0.4 is 0 Å². The Hall–Kier alpha value is -1.11. The molecule has 1 aromatic rings. The Balaban J connectivity index is 3.60. The number of ether oxygens (including phenoxy) is 1. The molecule has 1 rings (SSSR count). The van der Waals surface area contributed by atoms with Gasteiger partial charge in [0, 0.05) is 0 Å². The molecule has 0 N–H and O–H groups in total. The Morgan fingerprint density at radius 3 is 2.35 bits per heavy atom. The smallest absolute Gasteiger partial charge is 0.419 e. The van der Waals surface area contributed by atoms with Crippen LogP contribution in [0.2, 0.25) is 0 Å². The second-order valence-corrected chi connectivity index (χ2v) is 4.06. The van der Waals surface area contributed by atoms with E-state index >= 15 is 0 Å². The molecule has 0 fully saturated rings. The predicted molar refractivity (Wildman–Crippen MR) is 55.2 cm³/mol. The molecule has 0 aliphatic rings. The molecule has 7 heteroatoms. The highest BCUT2D eigenvalue weighted by Crippen LogP contribution is 2.38. The Morgan fingerprint density at radius 2 is 1.94 bits per heavy atom. The van der Waals surface area contributed by atoms with Crippen molar-refractivity contribution in [1.29, 1.82) is 0 Å². The molecule has 0 radical (unpaired) electrons. The summed E-state index contributed by atoms with van der Waals surface area (Å²) in [5.74, 6) is -2.39. The number of hydrogen-bond acceptors (Lipinski definition) is 2. The lowest BCUT2D eigenvalue weighted by atomic mass is 10.0. The second kappa shape index (κ2) is 4.64. The van der Waals surface area contributed by atoms with E-state index in [9.17, 15) is 22.4 Å². The molecule has 0 saturated heterocycles. The molecule has 0 unspecified atom stereocenters. The van der Waals surface area contributed by atoms with Gasteiger partial charge in [0.15, 0.2) is 0 Å². The molecule has 0 aliphatic heterocycles. The Bertz CT molecular complexity index is 468. The standard InChI is InChI=1S/C10H7BrF4O2/c1-4-5(9(16)17-2)3-6(11)8(12)7(4)10(13,14)15/h3H,1-2H3. The van der Waals surface area contributed by atoms with Crippen molar-refractivity contribution < 1.29 is 27.1 Å². The number of rotatable bonds is 1. The minimum atomic E-state index is -4.87. The molecule has 0 saturated carbocycles. The summed E-state index contributed by atoms with van der Waals surface area (Å²) in [5, 5.41) is 0. The molecular weight excluding hydrogens is 308 g/mol. The van der Waals surface area contributed by atoms with Gasteiger partial charge in [0.05, 0.1) is 22.7 Å². The lowest BCUT2D eigenvalue weighted by molar-refractivity contribution is -0.140. The maximum absolute atomic E-state index is 13.4. The SMILES string of the molecule is COC(=O)c1cc(Br)c(F)c(C(F)(F)F)c1C. The summed E-state index contributed by atoms with van der Waals surface area (Å²) in [6.45, 7) is 1.02. The normalized spacial score (nSPS) is 11.5. The highest BCUT2D eigenvalue weighted by atomic mass is 79.9. The van der Waals surface area contributed by atoms with Gasteiger partial charge in [-0.3, -0.25) is 0 Å². The van der Waals surface area contributed by atoms with Crippen LogP contribution in [-0.2, 0) is 10.9 Å². The number of carbonyl (C=O) groups excluding carboxylic acids is 1. The zero-order chi connectivity index (χ0) is 13.4. The van der Waals surface area contributed by atoms with E-state index in [0.717, 1.165) is 20.1 Å². The monoisotopic (exact) mass is 314 g/mol. The van der Waals surface area contributed by atoms with Crippen molar-refractivity contribution in [2.24, 2.45) is 0 Å². The van der Waals surface area contributed by atoms with Crippen molar-refractivity contribution in [3.8, 4) is 0 Å². The molecule has 2 nitrogen and oxygen atoms in total. The fraction of sp³-hybridized carbons (Fsp3) is 0.300. The van der Waals surface area contributed by atoms with Crippen molar-refractivity contribution in [2.75, 3.05) is 7.11 Å². The van der Waals surface area contributed by atoms with Crippen LogP contribution in [0.5, 0.6) is 0 Å². The van der Waals surface area contributed by atoms with E-state index in [1.165, 1.54) is 0 Å². The summed E-state index contributed by atoms with van der Waals surface area (Å²) < 4.78 is 55.2. The molecule has 0 bridgehead atoms. The number of alkyl halides is 3. The second-order valence-electron chi connectivity index (χ2n) is 3.21. The van der Waals surface area contributed by atoms with Crippen LogP contribution in [0, 0.1) is 12.7 Å². The van der Waals surface area contributed by atoms with Gasteiger partial charge in [0.2, 0.25) is 0 Å². The number of methoxy groups -OCH3 is 1. The quantitative estimate of drug-likeness (QED) is 0.583. The van der Waals surface area contributed by atoms with Crippen LogP contribution >= 0.6 is 15.9 Å². The van der Waals surface area contributed by atoms with Gasteiger partial charge >= 0.3 is 12.1 Å². The largest absolute Gasteiger partial charge is 0.465 e. The van der Waals surface area contributed by atoms with Gasteiger partial charge in [-0.2, -0.15) is 13.2 Å². The molecule has 0 aromatic heterocycles. The van der Waals surface area contributed by atoms with E-state index in [-0.39, 0.29) is 5.56 Å². The minimum absolute atomic E-state index is 0.326. The number of hydrogen-bond donors (Lipinski definition) is 0. The molecule has 0 heterocycles. The summed E-state index contributed by atoms with van der Waals surface area (Å²) in [4.78, 5) is 11.2. The first-order chi connectivity index (χ1) is 7.70. The minimum Gasteiger partial charge on any atom is -0.465 e. The van der Waals surface area contributed by atoms with Gasteiger partial charge in [0.1, 0.15) is 5.82 Å². The average Bonchev–Trinajstić information content (AvgIpc) is 2.20. The number of benzene rings is 1. The summed E-state index contributed by atoms with van der Waals surface area (Å²) in [6, 6.07) is 0.964. The fourth-order valence-corrected chi connectivity index (χ4v) is 1.80. The van der Waals surface area contributed by atoms with E-state index in [4.69, 9.17) is 0 Å². The number of halogens is 5. The van der Waals surface area contributed by atoms with Crippen molar-refractivity contribution in [3.63, 3.8) is 0 Å². The van der Waals surface area contributed by atoms with Crippen molar-refractivity contribution in [1.82, 2.24) is 0 Å². The highest BCUT2D eigenvalue weighted by Gasteiger charge is 2.38. The summed E-state index contributed by atoms with van der Waals surface area (Å²) in [7, 11) is 1.03. The van der Waals surface area contributed by atoms with Gasteiger partial charge in [-0.25, -0.2) is 9.18 Å². The van der Waals surface area contributed by atoms with E-state index < -0.39 is 33.6 Å². The van der Waals surface area contributed by atoms with Gasteiger partial charge in [0.25, 0.3) is 0 Å². The van der Waals surface area contributed by atoms with Crippen LogP contribution in [-0.4, -0.2) is 13.1 Å². The molecule has 0 amide bonds. The number of esters is 1. The molecule has 0 spiro atoms. The first kappa shape index (κ1) is 14.0. The lowest BCUT2D eigenvalue weighted by Gasteiger charge is -2.15. The molecule has 0 aliphatic carbocycles. The molecule has 94 valence electrons. The molecule has 17 heavy (non-hydrogen) atoms. The van der Waals surface area contributed by atoms with E-state index in [1.807, 2.05) is 0 Å². The predicted octanol–water partition coefficient (Wildman–Crippen LogP) is 3.70. The zero-order valence-electron chi connectivity index (χ0n) is 8.78. The molecule has 0 atom stereocenters. The first-order valence-electron chi connectivity index (χ1n) is 4.34. The van der Waals surface area contributed by atoms with E-state index in [0.29, 0.717) is 0 Å². The van der Waals surface area contributed by atoms with Crippen LogP contribution in [0.15, 0.2) is 10.5 Å². The average molecular weight is 315 g/mol. The third-order valence-electron chi connectivity index (χ3n) is 2.17. The summed E-state index contributed by atoms with van der Waals surface area (Å²) in [6.07, 6.45) is -4.87. The topological polar surface area (TPSA) is 26.3 Å². The van der Waals surface area contributed by atoms with Crippen LogP contribution in [0.3, 0.4) is 0 Å². The molecule has 1 aromatic carbocycles. The maximum atomic E-state index is 13.4. The Labute approximate surface area is 103 Å². The lowest BCUT2D eigenvalue weighted by Crippen LogP contribution is -2.15. The van der Waals surface area contributed by atoms with Gasteiger partial charge in [-0.1, -0.05) is 0 Å². The Kier molecular flexibility index (Phi) is 3.81. The van der Waals surface area contributed by atoms with Gasteiger partial charge in [-0.15, -0.1) is 0 Å². The van der Waals surface area contributed by atoms with Gasteiger partial charge < -0.3 is 4.74 Å². The first-order valence-corrected chi connectivity index (χ1v) is 5.13. The van der Waals surface area contributed by atoms with Crippen LogP contribution in [0.25, 0.3) is 0 Å².